The molecule has 2 heterocycles. The van der Waals surface area contributed by atoms with Gasteiger partial charge < -0.3 is 14.0 Å². The van der Waals surface area contributed by atoms with E-state index in [0.29, 0.717) is 6.61 Å². The van der Waals surface area contributed by atoms with Crippen LogP contribution in [0.3, 0.4) is 0 Å². The molecule has 1 amide bonds. The molecule has 0 saturated carbocycles. The lowest BCUT2D eigenvalue weighted by Crippen LogP contribution is -2.39. The Kier molecular flexibility index (Phi) is 5.20. The highest BCUT2D eigenvalue weighted by molar-refractivity contribution is 7.90. The third-order valence-corrected chi connectivity index (χ3v) is 4.99. The minimum absolute atomic E-state index is 0.0329. The summed E-state index contributed by atoms with van der Waals surface area (Å²) in [5.74, 6) is -0.608. The first kappa shape index (κ1) is 16.9. The number of nitrogens with one attached hydrogen (secondary N) is 1. The lowest BCUT2D eigenvalue weighted by Gasteiger charge is -2.16. The van der Waals surface area contributed by atoms with Gasteiger partial charge in [-0.1, -0.05) is 5.16 Å². The third kappa shape index (κ3) is 3.84. The fourth-order valence-corrected chi connectivity index (χ4v) is 3.60. The van der Waals surface area contributed by atoms with Crippen molar-refractivity contribution in [2.24, 2.45) is 0 Å². The number of carbonyl (C=O) groups is 1. The first-order valence-electron chi connectivity index (χ1n) is 7.04. The van der Waals surface area contributed by atoms with Crippen LogP contribution in [0.1, 0.15) is 31.2 Å². The lowest BCUT2D eigenvalue weighted by atomic mass is 10.2. The Morgan fingerprint density at radius 1 is 1.50 bits per heavy atom. The largest absolute Gasteiger partial charge is 0.376 e. The van der Waals surface area contributed by atoms with Crippen LogP contribution in [-0.2, 0) is 24.3 Å². The van der Waals surface area contributed by atoms with Crippen LogP contribution in [-0.4, -0.2) is 44.9 Å². The van der Waals surface area contributed by atoms with Crippen molar-refractivity contribution in [1.82, 2.24) is 9.88 Å². The molecule has 0 aliphatic carbocycles. The first-order valence-corrected chi connectivity index (χ1v) is 8.52. The Bertz CT molecular complexity index is 613. The van der Waals surface area contributed by atoms with E-state index in [4.69, 9.17) is 14.0 Å². The molecule has 1 aliphatic heterocycles. The number of aryl methyl sites for hydroxylation is 2. The smallest absolute Gasteiger partial charge is 0.269 e. The van der Waals surface area contributed by atoms with Crippen molar-refractivity contribution < 1.29 is 27.2 Å². The van der Waals surface area contributed by atoms with E-state index < -0.39 is 22.0 Å². The van der Waals surface area contributed by atoms with Crippen LogP contribution in [0.4, 0.5) is 0 Å². The number of rotatable bonds is 6. The summed E-state index contributed by atoms with van der Waals surface area (Å²) < 4.78 is 41.9. The van der Waals surface area contributed by atoms with Crippen molar-refractivity contribution >= 4 is 15.9 Å². The molecule has 1 aliphatic rings. The van der Waals surface area contributed by atoms with Gasteiger partial charge in [0.25, 0.3) is 15.9 Å². The average molecular weight is 332 g/mol. The maximum Gasteiger partial charge on any atom is 0.269 e. The Morgan fingerprint density at radius 2 is 2.23 bits per heavy atom. The second kappa shape index (κ2) is 6.76. The van der Waals surface area contributed by atoms with Gasteiger partial charge in [-0.15, -0.1) is 0 Å². The molecule has 124 valence electrons. The van der Waals surface area contributed by atoms with Crippen LogP contribution < -0.4 is 4.72 Å². The quantitative estimate of drug-likeness (QED) is 0.816. The minimum atomic E-state index is -4.03. The van der Waals surface area contributed by atoms with Gasteiger partial charge in [0, 0.05) is 6.61 Å². The summed E-state index contributed by atoms with van der Waals surface area (Å²) in [7, 11) is -4.03. The summed E-state index contributed by atoms with van der Waals surface area (Å²) in [4.78, 5) is 11.9. The van der Waals surface area contributed by atoms with E-state index in [9.17, 15) is 13.2 Å². The molecule has 1 fully saturated rings. The molecule has 22 heavy (non-hydrogen) atoms. The van der Waals surface area contributed by atoms with E-state index in [-0.39, 0.29) is 29.1 Å². The summed E-state index contributed by atoms with van der Waals surface area (Å²) in [5, 5.41) is 3.57. The fourth-order valence-electron chi connectivity index (χ4n) is 2.23. The van der Waals surface area contributed by atoms with Crippen molar-refractivity contribution in [3.05, 3.63) is 11.5 Å². The van der Waals surface area contributed by atoms with Gasteiger partial charge in [-0.2, -0.15) is 0 Å². The van der Waals surface area contributed by atoms with Gasteiger partial charge in [-0.25, -0.2) is 13.1 Å². The molecule has 1 saturated heterocycles. The van der Waals surface area contributed by atoms with Crippen LogP contribution >= 0.6 is 0 Å². The standard InChI is InChI=1S/C13H20N2O6S/c1-8-12(9(2)21-14-8)22(17,18)15-13(16)10(3)20-7-11-5-4-6-19-11/h10-11H,4-7H2,1-3H3,(H,15,16). The summed E-state index contributed by atoms with van der Waals surface area (Å²) >= 11 is 0. The Hall–Kier alpha value is -1.45. The molecule has 0 aromatic carbocycles. The molecule has 2 atom stereocenters. The zero-order chi connectivity index (χ0) is 16.3. The minimum Gasteiger partial charge on any atom is -0.376 e. The van der Waals surface area contributed by atoms with Gasteiger partial charge >= 0.3 is 0 Å². The van der Waals surface area contributed by atoms with Crippen LogP contribution in [0.2, 0.25) is 0 Å². The van der Waals surface area contributed by atoms with Crippen LogP contribution in [0.5, 0.6) is 0 Å². The maximum atomic E-state index is 12.2. The van der Waals surface area contributed by atoms with E-state index in [1.54, 1.807) is 0 Å². The molecule has 0 spiro atoms. The van der Waals surface area contributed by atoms with E-state index in [1.165, 1.54) is 20.8 Å². The summed E-state index contributed by atoms with van der Waals surface area (Å²) in [6.07, 6.45) is 0.912. The number of nitrogens with zero attached hydrogens (tertiary/aromatic N) is 1. The molecule has 2 unspecified atom stereocenters. The maximum absolute atomic E-state index is 12.2. The Morgan fingerprint density at radius 3 is 2.77 bits per heavy atom. The highest BCUT2D eigenvalue weighted by atomic mass is 32.2. The van der Waals surface area contributed by atoms with Gasteiger partial charge in [0.05, 0.1) is 12.7 Å². The highest BCUT2D eigenvalue weighted by Gasteiger charge is 2.28. The Labute approximate surface area is 129 Å². The van der Waals surface area contributed by atoms with E-state index >= 15 is 0 Å². The number of aromatic nitrogens is 1. The topological polar surface area (TPSA) is 108 Å². The number of carbonyl (C=O) groups excluding carboxylic acids is 1. The van der Waals surface area contributed by atoms with Gasteiger partial charge in [0.1, 0.15) is 11.8 Å². The molecular formula is C13H20N2O6S. The second-order valence-electron chi connectivity index (χ2n) is 5.23. The third-order valence-electron chi connectivity index (χ3n) is 3.40. The summed E-state index contributed by atoms with van der Waals surface area (Å²) in [6.45, 7) is 5.41. The summed E-state index contributed by atoms with van der Waals surface area (Å²) in [6, 6.07) is 0. The van der Waals surface area contributed by atoms with Crippen molar-refractivity contribution in [1.29, 1.82) is 0 Å². The molecule has 0 bridgehead atoms. The lowest BCUT2D eigenvalue weighted by molar-refractivity contribution is -0.131. The van der Waals surface area contributed by atoms with Crippen LogP contribution in [0.15, 0.2) is 9.42 Å². The van der Waals surface area contributed by atoms with Crippen molar-refractivity contribution in [2.75, 3.05) is 13.2 Å². The number of sulfonamides is 1. The molecule has 1 aromatic rings. The monoisotopic (exact) mass is 332 g/mol. The zero-order valence-electron chi connectivity index (χ0n) is 12.8. The van der Waals surface area contributed by atoms with Gasteiger partial charge in [-0.05, 0) is 33.6 Å². The molecular weight excluding hydrogens is 312 g/mol. The first-order chi connectivity index (χ1) is 10.3. The predicted molar refractivity (Wildman–Crippen MR) is 75.7 cm³/mol. The molecule has 9 heteroatoms. The number of amides is 1. The van der Waals surface area contributed by atoms with E-state index in [1.807, 2.05) is 4.72 Å². The van der Waals surface area contributed by atoms with Crippen LogP contribution in [0, 0.1) is 13.8 Å². The molecule has 8 nitrogen and oxygen atoms in total. The number of hydrogen-bond donors (Lipinski definition) is 1. The fraction of sp³-hybridized carbons (Fsp3) is 0.692. The van der Waals surface area contributed by atoms with Gasteiger partial charge in [-0.3, -0.25) is 4.79 Å². The molecule has 1 aromatic heterocycles. The highest BCUT2D eigenvalue weighted by Crippen LogP contribution is 2.19. The van der Waals surface area contributed by atoms with Crippen LogP contribution in [0.25, 0.3) is 0 Å². The molecule has 1 N–H and O–H groups in total. The predicted octanol–water partition coefficient (Wildman–Crippen LogP) is 0.680. The van der Waals surface area contributed by atoms with Gasteiger partial charge in [0.15, 0.2) is 10.7 Å². The summed E-state index contributed by atoms with van der Waals surface area (Å²) in [5.41, 5.74) is 0.200. The number of ether oxygens (including phenoxy) is 2. The Balaban J connectivity index is 1.95. The van der Waals surface area contributed by atoms with Gasteiger partial charge in [0.2, 0.25) is 0 Å². The molecule has 0 radical (unpaired) electrons. The van der Waals surface area contributed by atoms with E-state index in [2.05, 4.69) is 5.16 Å². The zero-order valence-corrected chi connectivity index (χ0v) is 13.6. The van der Waals surface area contributed by atoms with E-state index in [0.717, 1.165) is 12.8 Å². The molecule has 2 rings (SSSR count). The second-order valence-corrected chi connectivity index (χ2v) is 6.85. The van der Waals surface area contributed by atoms with Crippen molar-refractivity contribution in [3.8, 4) is 0 Å². The van der Waals surface area contributed by atoms with Crippen molar-refractivity contribution in [3.63, 3.8) is 0 Å². The average Bonchev–Trinajstić information content (AvgIpc) is 3.05. The van der Waals surface area contributed by atoms with Crippen molar-refractivity contribution in [2.45, 2.75) is 50.7 Å². The normalized spacial score (nSPS) is 20.0. The SMILES string of the molecule is Cc1noc(C)c1S(=O)(=O)NC(=O)C(C)OCC1CCCO1. The number of hydrogen-bond acceptors (Lipinski definition) is 7.